The standard InChI is InChI=1S/C18H18N2O4S/c21-18(14-8-24-16-4-2-1-3-13(14)16)20-15-5-6-22-9-17(15)23-7-12-10-25-11-19-12/h1-4,8,10-11,15,17H,5-7,9H2,(H,20,21)/t15-,17-/m1/s1. The van der Waals surface area contributed by atoms with Crippen LogP contribution < -0.4 is 5.32 Å². The van der Waals surface area contributed by atoms with Crippen molar-refractivity contribution in [2.75, 3.05) is 13.2 Å². The monoisotopic (exact) mass is 358 g/mol. The molecule has 0 bridgehead atoms. The zero-order chi connectivity index (χ0) is 17.1. The van der Waals surface area contributed by atoms with Crippen LogP contribution in [-0.2, 0) is 16.1 Å². The highest BCUT2D eigenvalue weighted by atomic mass is 32.1. The molecule has 2 atom stereocenters. The second-order valence-electron chi connectivity index (χ2n) is 5.92. The topological polar surface area (TPSA) is 73.6 Å². The van der Waals surface area contributed by atoms with Gasteiger partial charge < -0.3 is 19.2 Å². The number of nitrogens with one attached hydrogen (secondary N) is 1. The van der Waals surface area contributed by atoms with Crippen LogP contribution in [0.2, 0.25) is 0 Å². The molecule has 6 nitrogen and oxygen atoms in total. The van der Waals surface area contributed by atoms with Crippen LogP contribution in [0.15, 0.2) is 45.8 Å². The average Bonchev–Trinajstić information content (AvgIpc) is 3.30. The third-order valence-corrected chi connectivity index (χ3v) is 4.91. The van der Waals surface area contributed by atoms with Gasteiger partial charge in [0.15, 0.2) is 0 Å². The summed E-state index contributed by atoms with van der Waals surface area (Å²) in [6.07, 6.45) is 2.02. The van der Waals surface area contributed by atoms with Crippen molar-refractivity contribution >= 4 is 28.2 Å². The lowest BCUT2D eigenvalue weighted by Gasteiger charge is -2.31. The molecule has 7 heteroatoms. The van der Waals surface area contributed by atoms with Gasteiger partial charge in [-0.3, -0.25) is 4.79 Å². The second-order valence-corrected chi connectivity index (χ2v) is 6.64. The van der Waals surface area contributed by atoms with Crippen molar-refractivity contribution in [3.63, 3.8) is 0 Å². The molecule has 0 spiro atoms. The summed E-state index contributed by atoms with van der Waals surface area (Å²) in [4.78, 5) is 16.9. The Bertz CT molecular complexity index is 846. The number of carbonyl (C=O) groups is 1. The van der Waals surface area contributed by atoms with E-state index in [9.17, 15) is 4.79 Å². The molecule has 0 saturated carbocycles. The number of thiazole rings is 1. The number of amides is 1. The van der Waals surface area contributed by atoms with Crippen LogP contribution in [0, 0.1) is 0 Å². The lowest BCUT2D eigenvalue weighted by Crippen LogP contribution is -2.49. The summed E-state index contributed by atoms with van der Waals surface area (Å²) in [5.74, 6) is -0.154. The quantitative estimate of drug-likeness (QED) is 0.759. The van der Waals surface area contributed by atoms with Crippen molar-refractivity contribution in [2.24, 2.45) is 0 Å². The molecule has 0 unspecified atom stereocenters. The Labute approximate surface area is 148 Å². The van der Waals surface area contributed by atoms with E-state index in [4.69, 9.17) is 13.9 Å². The summed E-state index contributed by atoms with van der Waals surface area (Å²) in [5, 5.41) is 5.84. The molecule has 1 aliphatic rings. The number of para-hydroxylation sites is 1. The summed E-state index contributed by atoms with van der Waals surface area (Å²) >= 11 is 1.53. The fourth-order valence-corrected chi connectivity index (χ4v) is 3.49. The molecule has 4 rings (SSSR count). The lowest BCUT2D eigenvalue weighted by molar-refractivity contribution is -0.0742. The van der Waals surface area contributed by atoms with Crippen LogP contribution in [0.5, 0.6) is 0 Å². The Kier molecular flexibility index (Phi) is 4.78. The molecule has 1 saturated heterocycles. The molecule has 2 aromatic heterocycles. The highest BCUT2D eigenvalue weighted by Crippen LogP contribution is 2.21. The Morgan fingerprint density at radius 1 is 1.40 bits per heavy atom. The number of nitrogens with zero attached hydrogens (tertiary/aromatic N) is 1. The first-order valence-corrected chi connectivity index (χ1v) is 9.09. The maximum absolute atomic E-state index is 12.7. The zero-order valence-corrected chi connectivity index (χ0v) is 14.3. The minimum absolute atomic E-state index is 0.103. The third-order valence-electron chi connectivity index (χ3n) is 4.27. The molecule has 0 radical (unpaired) electrons. The normalized spacial score (nSPS) is 20.6. The number of benzene rings is 1. The molecule has 1 amide bonds. The van der Waals surface area contributed by atoms with Crippen LogP contribution >= 0.6 is 11.3 Å². The molecular formula is C18H18N2O4S. The number of rotatable bonds is 5. The first-order chi connectivity index (χ1) is 12.3. The smallest absolute Gasteiger partial charge is 0.255 e. The number of fused-ring (bicyclic) bond motifs is 1. The SMILES string of the molecule is O=C(N[C@@H]1CCOC[C@H]1OCc1cscn1)c1coc2ccccc12. The van der Waals surface area contributed by atoms with E-state index < -0.39 is 0 Å². The third kappa shape index (κ3) is 3.58. The Balaban J connectivity index is 1.44. The molecule has 3 aromatic rings. The van der Waals surface area contributed by atoms with Crippen molar-refractivity contribution < 1.29 is 18.7 Å². The molecule has 130 valence electrons. The van der Waals surface area contributed by atoms with Gasteiger partial charge in [-0.15, -0.1) is 11.3 Å². The maximum Gasteiger partial charge on any atom is 0.255 e. The van der Waals surface area contributed by atoms with Crippen molar-refractivity contribution in [1.29, 1.82) is 0 Å². The Morgan fingerprint density at radius 3 is 3.20 bits per heavy atom. The first-order valence-electron chi connectivity index (χ1n) is 8.15. The van der Waals surface area contributed by atoms with Gasteiger partial charge in [0.25, 0.3) is 5.91 Å². The van der Waals surface area contributed by atoms with Gasteiger partial charge in [-0.25, -0.2) is 4.98 Å². The molecule has 1 fully saturated rings. The average molecular weight is 358 g/mol. The zero-order valence-electron chi connectivity index (χ0n) is 13.5. The van der Waals surface area contributed by atoms with E-state index in [0.29, 0.717) is 37.4 Å². The maximum atomic E-state index is 12.7. The van der Waals surface area contributed by atoms with E-state index in [1.54, 1.807) is 5.51 Å². The summed E-state index contributed by atoms with van der Waals surface area (Å²) in [7, 11) is 0. The van der Waals surface area contributed by atoms with E-state index in [2.05, 4.69) is 10.3 Å². The minimum atomic E-state index is -0.197. The van der Waals surface area contributed by atoms with Crippen LogP contribution in [0.3, 0.4) is 0 Å². The first kappa shape index (κ1) is 16.3. The van der Waals surface area contributed by atoms with Crippen molar-refractivity contribution in [3.05, 3.63) is 52.7 Å². The Morgan fingerprint density at radius 2 is 2.32 bits per heavy atom. The molecule has 3 heterocycles. The van der Waals surface area contributed by atoms with Crippen molar-refractivity contribution in [1.82, 2.24) is 10.3 Å². The number of aromatic nitrogens is 1. The number of ether oxygens (including phenoxy) is 2. The molecular weight excluding hydrogens is 340 g/mol. The van der Waals surface area contributed by atoms with E-state index in [1.165, 1.54) is 17.6 Å². The highest BCUT2D eigenvalue weighted by molar-refractivity contribution is 7.07. The molecule has 1 aliphatic heterocycles. The second kappa shape index (κ2) is 7.35. The van der Waals surface area contributed by atoms with Gasteiger partial charge in [-0.05, 0) is 12.5 Å². The van der Waals surface area contributed by atoms with Crippen molar-refractivity contribution in [3.8, 4) is 0 Å². The van der Waals surface area contributed by atoms with E-state index in [-0.39, 0.29) is 18.1 Å². The van der Waals surface area contributed by atoms with Gasteiger partial charge in [-0.2, -0.15) is 0 Å². The predicted octanol–water partition coefficient (Wildman–Crippen LogP) is 2.99. The molecule has 25 heavy (non-hydrogen) atoms. The van der Waals surface area contributed by atoms with Crippen LogP contribution in [-0.4, -0.2) is 36.3 Å². The molecule has 1 N–H and O–H groups in total. The van der Waals surface area contributed by atoms with Gasteiger partial charge in [0.05, 0.1) is 36.0 Å². The fourth-order valence-electron chi connectivity index (χ4n) is 2.94. The van der Waals surface area contributed by atoms with Gasteiger partial charge in [0, 0.05) is 17.4 Å². The van der Waals surface area contributed by atoms with Crippen LogP contribution in [0.25, 0.3) is 11.0 Å². The number of carbonyl (C=O) groups excluding carboxylic acids is 1. The summed E-state index contributed by atoms with van der Waals surface area (Å²) in [6, 6.07) is 7.40. The van der Waals surface area contributed by atoms with Gasteiger partial charge in [0.1, 0.15) is 18.0 Å². The van der Waals surface area contributed by atoms with Gasteiger partial charge in [-0.1, -0.05) is 18.2 Å². The number of hydrogen-bond acceptors (Lipinski definition) is 6. The van der Waals surface area contributed by atoms with Crippen LogP contribution in [0.1, 0.15) is 22.5 Å². The van der Waals surface area contributed by atoms with E-state index >= 15 is 0 Å². The van der Waals surface area contributed by atoms with Crippen LogP contribution in [0.4, 0.5) is 0 Å². The lowest BCUT2D eigenvalue weighted by atomic mass is 10.0. The number of hydrogen-bond donors (Lipinski definition) is 1. The predicted molar refractivity (Wildman–Crippen MR) is 93.6 cm³/mol. The van der Waals surface area contributed by atoms with Crippen molar-refractivity contribution in [2.45, 2.75) is 25.2 Å². The molecule has 0 aliphatic carbocycles. The summed E-state index contributed by atoms with van der Waals surface area (Å²) < 4.78 is 16.9. The van der Waals surface area contributed by atoms with Gasteiger partial charge >= 0.3 is 0 Å². The summed E-state index contributed by atoms with van der Waals surface area (Å²) in [5.41, 5.74) is 3.91. The summed E-state index contributed by atoms with van der Waals surface area (Å²) in [6.45, 7) is 1.48. The van der Waals surface area contributed by atoms with E-state index in [0.717, 1.165) is 11.1 Å². The Hall–Kier alpha value is -2.22. The minimum Gasteiger partial charge on any atom is -0.463 e. The number of furan rings is 1. The molecule has 1 aromatic carbocycles. The van der Waals surface area contributed by atoms with E-state index in [1.807, 2.05) is 29.6 Å². The largest absolute Gasteiger partial charge is 0.463 e. The highest BCUT2D eigenvalue weighted by Gasteiger charge is 2.29. The fraction of sp³-hybridized carbons (Fsp3) is 0.333. The van der Waals surface area contributed by atoms with Gasteiger partial charge in [0.2, 0.25) is 0 Å².